The summed E-state index contributed by atoms with van der Waals surface area (Å²) in [7, 11) is 3.15. The Balaban J connectivity index is 2.72. The minimum Gasteiger partial charge on any atom is -0.372 e. The zero-order valence-corrected chi connectivity index (χ0v) is 12.2. The monoisotopic (exact) mass is 287 g/mol. The van der Waals surface area contributed by atoms with Gasteiger partial charge in [0.2, 0.25) is 0 Å². The lowest BCUT2D eigenvalue weighted by Crippen LogP contribution is -2.37. The number of nitrogens with zero attached hydrogens (tertiary/aromatic N) is 1. The van der Waals surface area contributed by atoms with Crippen LogP contribution in [0.2, 0.25) is 5.02 Å². The summed E-state index contributed by atoms with van der Waals surface area (Å²) in [5, 5.41) is 0.344. The fourth-order valence-electron chi connectivity index (χ4n) is 1.83. The standard InChI is InChI=1S/C14H19ClFNO2/c1-4-5-13(19-3)14(18)17(2)9-10-6-7-11(15)8-12(10)16/h6-8,13H,4-5,9H2,1-3H3. The predicted molar refractivity (Wildman–Crippen MR) is 73.6 cm³/mol. The Hall–Kier alpha value is -1.13. The third-order valence-corrected chi connectivity index (χ3v) is 3.14. The van der Waals surface area contributed by atoms with E-state index in [0.717, 1.165) is 6.42 Å². The second-order valence-corrected chi connectivity index (χ2v) is 4.88. The largest absolute Gasteiger partial charge is 0.372 e. The summed E-state index contributed by atoms with van der Waals surface area (Å²) < 4.78 is 18.8. The number of halogens is 2. The van der Waals surface area contributed by atoms with E-state index in [4.69, 9.17) is 16.3 Å². The van der Waals surface area contributed by atoms with Crippen LogP contribution in [0.25, 0.3) is 0 Å². The van der Waals surface area contributed by atoms with Gasteiger partial charge >= 0.3 is 0 Å². The van der Waals surface area contributed by atoms with E-state index in [-0.39, 0.29) is 12.5 Å². The van der Waals surface area contributed by atoms with E-state index in [1.165, 1.54) is 18.1 Å². The summed E-state index contributed by atoms with van der Waals surface area (Å²) in [4.78, 5) is 13.6. The van der Waals surface area contributed by atoms with Crippen LogP contribution in [0.15, 0.2) is 18.2 Å². The molecule has 0 N–H and O–H groups in total. The lowest BCUT2D eigenvalue weighted by Gasteiger charge is -2.23. The van der Waals surface area contributed by atoms with Crippen LogP contribution in [-0.2, 0) is 16.1 Å². The van der Waals surface area contributed by atoms with E-state index in [2.05, 4.69) is 0 Å². The Morgan fingerprint density at radius 2 is 2.21 bits per heavy atom. The highest BCUT2D eigenvalue weighted by atomic mass is 35.5. The average Bonchev–Trinajstić information content (AvgIpc) is 2.38. The average molecular weight is 288 g/mol. The molecule has 0 aliphatic heterocycles. The van der Waals surface area contributed by atoms with E-state index in [1.807, 2.05) is 6.92 Å². The Bertz CT molecular complexity index is 439. The molecule has 106 valence electrons. The van der Waals surface area contributed by atoms with Crippen molar-refractivity contribution in [1.82, 2.24) is 4.90 Å². The molecule has 5 heteroatoms. The molecule has 0 aromatic heterocycles. The van der Waals surface area contributed by atoms with Gasteiger partial charge in [-0.05, 0) is 18.6 Å². The summed E-state index contributed by atoms with van der Waals surface area (Å²) in [6.07, 6.45) is 1.04. The molecule has 0 saturated heterocycles. The van der Waals surface area contributed by atoms with E-state index in [0.29, 0.717) is 17.0 Å². The molecule has 1 unspecified atom stereocenters. The van der Waals surface area contributed by atoms with Crippen LogP contribution in [0.4, 0.5) is 4.39 Å². The van der Waals surface area contributed by atoms with Crippen molar-refractivity contribution < 1.29 is 13.9 Å². The van der Waals surface area contributed by atoms with Gasteiger partial charge in [0.1, 0.15) is 11.9 Å². The van der Waals surface area contributed by atoms with Crippen LogP contribution < -0.4 is 0 Å². The second kappa shape index (κ2) is 7.46. The summed E-state index contributed by atoms with van der Waals surface area (Å²) >= 11 is 5.69. The molecule has 1 aromatic carbocycles. The number of hydrogen-bond donors (Lipinski definition) is 0. The maximum Gasteiger partial charge on any atom is 0.251 e. The zero-order chi connectivity index (χ0) is 14.4. The van der Waals surface area contributed by atoms with Crippen LogP contribution in [0.1, 0.15) is 25.3 Å². The van der Waals surface area contributed by atoms with Crippen LogP contribution in [-0.4, -0.2) is 31.1 Å². The highest BCUT2D eigenvalue weighted by Crippen LogP contribution is 2.16. The van der Waals surface area contributed by atoms with Gasteiger partial charge in [-0.15, -0.1) is 0 Å². The van der Waals surface area contributed by atoms with Crippen LogP contribution >= 0.6 is 11.6 Å². The molecule has 3 nitrogen and oxygen atoms in total. The van der Waals surface area contributed by atoms with Crippen LogP contribution in [0, 0.1) is 5.82 Å². The maximum atomic E-state index is 13.7. The second-order valence-electron chi connectivity index (χ2n) is 4.44. The van der Waals surface area contributed by atoms with E-state index >= 15 is 0 Å². The molecule has 0 radical (unpaired) electrons. The Morgan fingerprint density at radius 3 is 2.74 bits per heavy atom. The Kier molecular flexibility index (Phi) is 6.25. The molecule has 0 fully saturated rings. The molecule has 19 heavy (non-hydrogen) atoms. The van der Waals surface area contributed by atoms with Crippen molar-refractivity contribution in [2.75, 3.05) is 14.2 Å². The van der Waals surface area contributed by atoms with Crippen LogP contribution in [0.5, 0.6) is 0 Å². The highest BCUT2D eigenvalue weighted by molar-refractivity contribution is 6.30. The first-order valence-corrected chi connectivity index (χ1v) is 6.59. The highest BCUT2D eigenvalue weighted by Gasteiger charge is 2.21. The predicted octanol–water partition coefficient (Wildman–Crippen LogP) is 3.25. The lowest BCUT2D eigenvalue weighted by molar-refractivity contribution is -0.141. The molecule has 1 aromatic rings. The third-order valence-electron chi connectivity index (χ3n) is 2.91. The van der Waals surface area contributed by atoms with E-state index < -0.39 is 11.9 Å². The van der Waals surface area contributed by atoms with Gasteiger partial charge in [0.05, 0.1) is 0 Å². The van der Waals surface area contributed by atoms with Gasteiger partial charge in [0, 0.05) is 31.3 Å². The van der Waals surface area contributed by atoms with Crippen molar-refractivity contribution in [1.29, 1.82) is 0 Å². The number of hydrogen-bond acceptors (Lipinski definition) is 2. The first kappa shape index (κ1) is 15.9. The first-order valence-electron chi connectivity index (χ1n) is 6.21. The van der Waals surface area contributed by atoms with Crippen molar-refractivity contribution in [3.8, 4) is 0 Å². The maximum absolute atomic E-state index is 13.7. The molecule has 0 spiro atoms. The molecule has 0 bridgehead atoms. The quantitative estimate of drug-likeness (QED) is 0.804. The number of methoxy groups -OCH3 is 1. The minimum atomic E-state index is -0.467. The molecule has 1 amide bonds. The summed E-state index contributed by atoms with van der Waals surface area (Å²) in [5.74, 6) is -0.546. The van der Waals surface area contributed by atoms with Gasteiger partial charge < -0.3 is 9.64 Å². The number of rotatable bonds is 6. The Labute approximate surface area is 118 Å². The molecule has 0 aliphatic rings. The van der Waals surface area contributed by atoms with Crippen LogP contribution in [0.3, 0.4) is 0 Å². The smallest absolute Gasteiger partial charge is 0.251 e. The molecular weight excluding hydrogens is 269 g/mol. The fourth-order valence-corrected chi connectivity index (χ4v) is 1.99. The van der Waals surface area contributed by atoms with Crippen molar-refractivity contribution in [2.24, 2.45) is 0 Å². The topological polar surface area (TPSA) is 29.5 Å². The zero-order valence-electron chi connectivity index (χ0n) is 11.5. The van der Waals surface area contributed by atoms with Gasteiger partial charge in [0.25, 0.3) is 5.91 Å². The van der Waals surface area contributed by atoms with Crippen molar-refractivity contribution in [2.45, 2.75) is 32.4 Å². The van der Waals surface area contributed by atoms with E-state index in [1.54, 1.807) is 19.2 Å². The summed E-state index contributed by atoms with van der Waals surface area (Å²) in [6.45, 7) is 2.18. The van der Waals surface area contributed by atoms with E-state index in [9.17, 15) is 9.18 Å². The molecule has 0 aliphatic carbocycles. The molecule has 0 heterocycles. The van der Waals surface area contributed by atoms with Gasteiger partial charge in [-0.25, -0.2) is 4.39 Å². The fraction of sp³-hybridized carbons (Fsp3) is 0.500. The number of ether oxygens (including phenoxy) is 1. The van der Waals surface area contributed by atoms with Crippen molar-refractivity contribution in [3.05, 3.63) is 34.6 Å². The number of carbonyl (C=O) groups excluding carboxylic acids is 1. The number of benzene rings is 1. The number of likely N-dealkylation sites (N-methyl/N-ethyl adjacent to an activating group) is 1. The lowest BCUT2D eigenvalue weighted by atomic mass is 10.1. The first-order chi connectivity index (χ1) is 8.99. The van der Waals surface area contributed by atoms with Crippen molar-refractivity contribution >= 4 is 17.5 Å². The number of carbonyl (C=O) groups is 1. The molecule has 1 atom stereocenters. The Morgan fingerprint density at radius 1 is 1.53 bits per heavy atom. The van der Waals surface area contributed by atoms with Gasteiger partial charge in [-0.2, -0.15) is 0 Å². The minimum absolute atomic E-state index is 0.140. The summed E-state index contributed by atoms with van der Waals surface area (Å²) in [5.41, 5.74) is 0.437. The SMILES string of the molecule is CCCC(OC)C(=O)N(C)Cc1ccc(Cl)cc1F. The van der Waals surface area contributed by atoms with Gasteiger partial charge in [-0.3, -0.25) is 4.79 Å². The van der Waals surface area contributed by atoms with Crippen molar-refractivity contribution in [3.63, 3.8) is 0 Å². The molecule has 1 rings (SSSR count). The third kappa shape index (κ3) is 4.48. The van der Waals surface area contributed by atoms with Gasteiger partial charge in [0.15, 0.2) is 0 Å². The molecule has 0 saturated carbocycles. The molecular formula is C14H19ClFNO2. The normalized spacial score (nSPS) is 12.3. The van der Waals surface area contributed by atoms with Gasteiger partial charge in [-0.1, -0.05) is 31.0 Å². The number of amides is 1. The summed E-state index contributed by atoms with van der Waals surface area (Å²) in [6, 6.07) is 4.44.